The standard InChI is InChI=1S/C26H29N3O3S/c1-31-20-5-6-21(32-2)23-22(20)28-25(33-23)29(15-16-4-3-7-27-14-16)24(30)26-11-17-8-18(12-26)10-19(9-17)13-26/h3-7,14,17-19H,8-13,15H2,1-2H3. The van der Waals surface area contributed by atoms with Crippen molar-refractivity contribution < 1.29 is 14.3 Å². The number of ether oxygens (including phenoxy) is 2. The summed E-state index contributed by atoms with van der Waals surface area (Å²) in [4.78, 5) is 25.5. The quantitative estimate of drug-likeness (QED) is 0.486. The van der Waals surface area contributed by atoms with Crippen LogP contribution in [0.2, 0.25) is 0 Å². The van der Waals surface area contributed by atoms with Crippen LogP contribution in [-0.2, 0) is 11.3 Å². The van der Waals surface area contributed by atoms with E-state index in [1.807, 2.05) is 35.4 Å². The maximum atomic E-state index is 14.4. The molecule has 0 unspecified atom stereocenters. The highest BCUT2D eigenvalue weighted by molar-refractivity contribution is 7.22. The van der Waals surface area contributed by atoms with E-state index in [4.69, 9.17) is 14.5 Å². The molecule has 1 aromatic carbocycles. The molecule has 4 aliphatic carbocycles. The predicted molar refractivity (Wildman–Crippen MR) is 129 cm³/mol. The van der Waals surface area contributed by atoms with Crippen molar-refractivity contribution in [3.8, 4) is 11.5 Å². The second kappa shape index (κ2) is 7.97. The molecule has 0 spiro atoms. The lowest BCUT2D eigenvalue weighted by atomic mass is 9.49. The van der Waals surface area contributed by atoms with Crippen molar-refractivity contribution in [2.24, 2.45) is 23.2 Å². The number of methoxy groups -OCH3 is 2. The lowest BCUT2D eigenvalue weighted by molar-refractivity contribution is -0.143. The lowest BCUT2D eigenvalue weighted by Crippen LogP contribution is -2.54. The first-order valence-corrected chi connectivity index (χ1v) is 12.6. The van der Waals surface area contributed by atoms with E-state index in [1.165, 1.54) is 30.6 Å². The molecule has 0 N–H and O–H groups in total. The SMILES string of the molecule is COc1ccc(OC)c2sc(N(Cc3cccnc3)C(=O)C34CC5CC(CC(C5)C3)C4)nc12. The van der Waals surface area contributed by atoms with Crippen LogP contribution in [-0.4, -0.2) is 30.1 Å². The highest BCUT2D eigenvalue weighted by Crippen LogP contribution is 2.61. The summed E-state index contributed by atoms with van der Waals surface area (Å²) in [5, 5.41) is 0.706. The number of thiazole rings is 1. The molecule has 33 heavy (non-hydrogen) atoms. The summed E-state index contributed by atoms with van der Waals surface area (Å²) in [6.45, 7) is 0.471. The molecule has 0 aliphatic heterocycles. The third-order valence-electron chi connectivity index (χ3n) is 7.93. The minimum Gasteiger partial charge on any atom is -0.495 e. The number of hydrogen-bond donors (Lipinski definition) is 0. The van der Waals surface area contributed by atoms with Crippen LogP contribution in [0.15, 0.2) is 36.7 Å². The molecule has 2 aromatic heterocycles. The average molecular weight is 464 g/mol. The Morgan fingerprint density at radius 3 is 2.33 bits per heavy atom. The van der Waals surface area contributed by atoms with Crippen molar-refractivity contribution in [3.05, 3.63) is 42.2 Å². The smallest absolute Gasteiger partial charge is 0.235 e. The van der Waals surface area contributed by atoms with Crippen LogP contribution in [0, 0.1) is 23.2 Å². The number of hydrogen-bond acceptors (Lipinski definition) is 6. The number of carbonyl (C=O) groups is 1. The third kappa shape index (κ3) is 3.48. The highest BCUT2D eigenvalue weighted by atomic mass is 32.1. The van der Waals surface area contributed by atoms with Crippen molar-refractivity contribution in [3.63, 3.8) is 0 Å². The first kappa shape index (κ1) is 20.9. The summed E-state index contributed by atoms with van der Waals surface area (Å²) in [5.74, 6) is 3.79. The van der Waals surface area contributed by atoms with Crippen molar-refractivity contribution in [1.82, 2.24) is 9.97 Å². The van der Waals surface area contributed by atoms with Crippen LogP contribution in [0.25, 0.3) is 10.2 Å². The highest BCUT2D eigenvalue weighted by Gasteiger charge is 2.56. The van der Waals surface area contributed by atoms with E-state index in [0.29, 0.717) is 35.2 Å². The Labute approximate surface area is 197 Å². The van der Waals surface area contributed by atoms with Gasteiger partial charge in [-0.05, 0) is 80.0 Å². The summed E-state index contributed by atoms with van der Waals surface area (Å²) in [7, 11) is 3.31. The fraction of sp³-hybridized carbons (Fsp3) is 0.500. The molecule has 4 aliphatic rings. The molecule has 4 fully saturated rings. The van der Waals surface area contributed by atoms with Gasteiger partial charge in [0.15, 0.2) is 5.13 Å². The number of benzene rings is 1. The Kier molecular flexibility index (Phi) is 5.05. The van der Waals surface area contributed by atoms with Gasteiger partial charge in [0.25, 0.3) is 0 Å². The number of amides is 1. The Morgan fingerprint density at radius 1 is 1.06 bits per heavy atom. The normalized spacial score (nSPS) is 27.6. The summed E-state index contributed by atoms with van der Waals surface area (Å²) < 4.78 is 12.1. The van der Waals surface area contributed by atoms with Crippen LogP contribution >= 0.6 is 11.3 Å². The van der Waals surface area contributed by atoms with E-state index in [-0.39, 0.29) is 11.3 Å². The average Bonchev–Trinajstić information content (AvgIpc) is 3.26. The minimum absolute atomic E-state index is 0.238. The van der Waals surface area contributed by atoms with Gasteiger partial charge in [-0.3, -0.25) is 14.7 Å². The molecule has 172 valence electrons. The van der Waals surface area contributed by atoms with Gasteiger partial charge in [-0.15, -0.1) is 0 Å². The van der Waals surface area contributed by atoms with Gasteiger partial charge >= 0.3 is 0 Å². The monoisotopic (exact) mass is 463 g/mol. The van der Waals surface area contributed by atoms with Crippen LogP contribution in [0.5, 0.6) is 11.5 Å². The Bertz CT molecular complexity index is 1120. The topological polar surface area (TPSA) is 64.6 Å². The zero-order valence-electron chi connectivity index (χ0n) is 19.1. The van der Waals surface area contributed by atoms with Crippen molar-refractivity contribution >= 4 is 32.6 Å². The Morgan fingerprint density at radius 2 is 1.73 bits per heavy atom. The molecule has 1 amide bonds. The number of nitrogens with zero attached hydrogens (tertiary/aromatic N) is 3. The molecule has 4 saturated carbocycles. The summed E-state index contributed by atoms with van der Waals surface area (Å²) in [6, 6.07) is 7.72. The van der Waals surface area contributed by atoms with Crippen LogP contribution in [0.1, 0.15) is 44.1 Å². The van der Waals surface area contributed by atoms with Crippen molar-refractivity contribution in [2.75, 3.05) is 19.1 Å². The first-order chi connectivity index (χ1) is 16.1. The second-order valence-corrected chi connectivity index (χ2v) is 11.1. The molecule has 3 aromatic rings. The molecule has 2 heterocycles. The zero-order chi connectivity index (χ0) is 22.6. The van der Waals surface area contributed by atoms with E-state index in [0.717, 1.165) is 40.8 Å². The van der Waals surface area contributed by atoms with Gasteiger partial charge in [-0.25, -0.2) is 4.98 Å². The largest absolute Gasteiger partial charge is 0.495 e. The number of pyridine rings is 1. The number of carbonyl (C=O) groups excluding carboxylic acids is 1. The number of rotatable bonds is 6. The number of aromatic nitrogens is 2. The summed E-state index contributed by atoms with van der Waals surface area (Å²) in [6.07, 6.45) is 10.6. The fourth-order valence-electron chi connectivity index (χ4n) is 6.95. The van der Waals surface area contributed by atoms with E-state index >= 15 is 0 Å². The van der Waals surface area contributed by atoms with Crippen molar-refractivity contribution in [1.29, 1.82) is 0 Å². The van der Waals surface area contributed by atoms with Gasteiger partial charge < -0.3 is 9.47 Å². The van der Waals surface area contributed by atoms with E-state index < -0.39 is 0 Å². The Balaban J connectivity index is 1.44. The predicted octanol–water partition coefficient (Wildman–Crippen LogP) is 5.46. The zero-order valence-corrected chi connectivity index (χ0v) is 19.9. The maximum absolute atomic E-state index is 14.4. The second-order valence-electron chi connectivity index (χ2n) is 10.1. The molecule has 0 saturated heterocycles. The minimum atomic E-state index is -0.247. The Hall–Kier alpha value is -2.67. The van der Waals surface area contributed by atoms with Crippen LogP contribution < -0.4 is 14.4 Å². The van der Waals surface area contributed by atoms with E-state index in [1.54, 1.807) is 20.4 Å². The molecule has 7 heteroatoms. The molecule has 0 radical (unpaired) electrons. The lowest BCUT2D eigenvalue weighted by Gasteiger charge is -2.56. The summed E-state index contributed by atoms with van der Waals surface area (Å²) >= 11 is 1.51. The van der Waals surface area contributed by atoms with Gasteiger partial charge in [0.2, 0.25) is 5.91 Å². The molecule has 0 atom stereocenters. The van der Waals surface area contributed by atoms with Gasteiger partial charge in [0.05, 0.1) is 26.2 Å². The maximum Gasteiger partial charge on any atom is 0.235 e. The van der Waals surface area contributed by atoms with E-state index in [2.05, 4.69) is 4.98 Å². The summed E-state index contributed by atoms with van der Waals surface area (Å²) in [5.41, 5.74) is 1.50. The van der Waals surface area contributed by atoms with Crippen molar-refractivity contribution in [2.45, 2.75) is 45.1 Å². The van der Waals surface area contributed by atoms with Gasteiger partial charge in [-0.1, -0.05) is 17.4 Å². The van der Waals surface area contributed by atoms with Crippen LogP contribution in [0.4, 0.5) is 5.13 Å². The molecular formula is C26H29N3O3S. The van der Waals surface area contributed by atoms with E-state index in [9.17, 15) is 4.79 Å². The molecule has 4 bridgehead atoms. The van der Waals surface area contributed by atoms with Gasteiger partial charge in [-0.2, -0.15) is 0 Å². The number of fused-ring (bicyclic) bond motifs is 1. The first-order valence-electron chi connectivity index (χ1n) is 11.8. The molecule has 7 rings (SSSR count). The third-order valence-corrected chi connectivity index (χ3v) is 9.02. The molecular weight excluding hydrogens is 434 g/mol. The van der Waals surface area contributed by atoms with Gasteiger partial charge in [0, 0.05) is 12.4 Å². The molecule has 6 nitrogen and oxygen atoms in total. The number of anilines is 1. The fourth-order valence-corrected chi connectivity index (χ4v) is 8.02. The van der Waals surface area contributed by atoms with Crippen LogP contribution in [0.3, 0.4) is 0 Å². The van der Waals surface area contributed by atoms with Gasteiger partial charge in [0.1, 0.15) is 21.7 Å².